The van der Waals surface area contributed by atoms with E-state index < -0.39 is 5.82 Å². The topological polar surface area (TPSA) is 59.5 Å². The molecule has 0 saturated carbocycles. The summed E-state index contributed by atoms with van der Waals surface area (Å²) in [7, 11) is 0. The second-order valence-electron chi connectivity index (χ2n) is 4.09. The molecule has 2 N–H and O–H groups in total. The lowest BCUT2D eigenvalue weighted by Crippen LogP contribution is -2.27. The molecule has 1 amide bonds. The number of benzene rings is 1. The van der Waals surface area contributed by atoms with Crippen LogP contribution in [0.15, 0.2) is 28.9 Å². The Morgan fingerprint density at radius 2 is 2.39 bits per heavy atom. The van der Waals surface area contributed by atoms with E-state index in [4.69, 9.17) is 10.2 Å². The van der Waals surface area contributed by atoms with E-state index in [2.05, 4.69) is 0 Å². The average Bonchev–Trinajstić information content (AvgIpc) is 2.93. The van der Waals surface area contributed by atoms with Crippen molar-refractivity contribution in [1.29, 1.82) is 0 Å². The van der Waals surface area contributed by atoms with Crippen LogP contribution < -0.4 is 10.6 Å². The summed E-state index contributed by atoms with van der Waals surface area (Å²) in [5.41, 5.74) is 6.36. The molecular weight excluding hydrogens is 255 g/mol. The van der Waals surface area contributed by atoms with Crippen LogP contribution in [-0.4, -0.2) is 23.6 Å². The number of hydrogen-bond donors (Lipinski definition) is 1. The van der Waals surface area contributed by atoms with Crippen molar-refractivity contribution in [3.63, 3.8) is 0 Å². The molecule has 94 valence electrons. The molecule has 1 aromatic heterocycles. The Morgan fingerprint density at radius 3 is 3.11 bits per heavy atom. The molecule has 1 atom stereocenters. The van der Waals surface area contributed by atoms with Gasteiger partial charge in [-0.15, -0.1) is 0 Å². The van der Waals surface area contributed by atoms with Gasteiger partial charge in [0.15, 0.2) is 11.4 Å². The van der Waals surface area contributed by atoms with Gasteiger partial charge in [-0.3, -0.25) is 9.69 Å². The quantitative estimate of drug-likeness (QED) is 0.907. The molecule has 1 fully saturated rings. The summed E-state index contributed by atoms with van der Waals surface area (Å²) in [6.07, 6.45) is 1.42. The minimum absolute atomic E-state index is 0.0718. The summed E-state index contributed by atoms with van der Waals surface area (Å²) in [4.78, 5) is 13.5. The summed E-state index contributed by atoms with van der Waals surface area (Å²) in [5, 5.41) is 0.620. The first kappa shape index (κ1) is 11.6. The Labute approximate surface area is 107 Å². The number of fused-ring (bicyclic) bond motifs is 1. The molecule has 1 aliphatic rings. The van der Waals surface area contributed by atoms with Crippen molar-refractivity contribution in [2.75, 3.05) is 18.0 Å². The van der Waals surface area contributed by atoms with Crippen LogP contribution in [-0.2, 0) is 0 Å². The van der Waals surface area contributed by atoms with Gasteiger partial charge in [0.1, 0.15) is 6.26 Å². The highest BCUT2D eigenvalue weighted by molar-refractivity contribution is 8.14. The van der Waals surface area contributed by atoms with Crippen LogP contribution in [0.2, 0.25) is 0 Å². The number of nitrogens with two attached hydrogens (primary N) is 1. The first-order valence-corrected chi connectivity index (χ1v) is 6.42. The second-order valence-corrected chi connectivity index (χ2v) is 5.34. The van der Waals surface area contributed by atoms with Crippen molar-refractivity contribution >= 4 is 33.7 Å². The van der Waals surface area contributed by atoms with Gasteiger partial charge in [0.2, 0.25) is 0 Å². The molecule has 18 heavy (non-hydrogen) atoms. The number of halogens is 1. The molecule has 2 heterocycles. The molecule has 1 aromatic carbocycles. The maximum Gasteiger partial charge on any atom is 0.286 e. The lowest BCUT2D eigenvalue weighted by Gasteiger charge is -2.13. The van der Waals surface area contributed by atoms with Gasteiger partial charge in [0.05, 0.1) is 5.69 Å². The molecule has 0 spiro atoms. The highest BCUT2D eigenvalue weighted by atomic mass is 32.2. The molecular formula is C12H11FN2O2S. The van der Waals surface area contributed by atoms with Crippen molar-refractivity contribution < 1.29 is 13.6 Å². The summed E-state index contributed by atoms with van der Waals surface area (Å²) in [6, 6.07) is 4.68. The monoisotopic (exact) mass is 266 g/mol. The summed E-state index contributed by atoms with van der Waals surface area (Å²) in [6.45, 7) is 0.974. The Hall–Kier alpha value is -1.53. The molecule has 0 aliphatic carbocycles. The van der Waals surface area contributed by atoms with E-state index in [1.165, 1.54) is 24.1 Å². The molecule has 0 bridgehead atoms. The van der Waals surface area contributed by atoms with E-state index in [0.717, 1.165) is 0 Å². The van der Waals surface area contributed by atoms with E-state index >= 15 is 0 Å². The van der Waals surface area contributed by atoms with Crippen LogP contribution >= 0.6 is 11.8 Å². The first-order valence-electron chi connectivity index (χ1n) is 5.54. The molecule has 1 saturated heterocycles. The van der Waals surface area contributed by atoms with Gasteiger partial charge in [-0.1, -0.05) is 17.8 Å². The predicted molar refractivity (Wildman–Crippen MR) is 69.3 cm³/mol. The van der Waals surface area contributed by atoms with Crippen molar-refractivity contribution in [3.05, 3.63) is 30.3 Å². The van der Waals surface area contributed by atoms with Crippen LogP contribution in [0.3, 0.4) is 0 Å². The summed E-state index contributed by atoms with van der Waals surface area (Å²) in [5.74, 6) is -0.423. The number of carbonyl (C=O) groups is 1. The molecule has 3 rings (SSSR count). The minimum atomic E-state index is -0.423. The third kappa shape index (κ3) is 1.69. The zero-order valence-electron chi connectivity index (χ0n) is 9.43. The van der Waals surface area contributed by atoms with Gasteiger partial charge in [-0.2, -0.15) is 0 Å². The van der Waals surface area contributed by atoms with Crippen LogP contribution in [0.1, 0.15) is 0 Å². The van der Waals surface area contributed by atoms with Crippen LogP contribution in [0.25, 0.3) is 11.0 Å². The second kappa shape index (κ2) is 4.29. The zero-order valence-corrected chi connectivity index (χ0v) is 10.2. The number of hydrogen-bond acceptors (Lipinski definition) is 4. The molecule has 4 nitrogen and oxygen atoms in total. The molecule has 1 aliphatic heterocycles. The molecule has 0 unspecified atom stereocenters. The van der Waals surface area contributed by atoms with Crippen molar-refractivity contribution in [2.45, 2.75) is 5.25 Å². The number of thioether (sulfide) groups is 1. The first-order chi connectivity index (χ1) is 8.70. The summed E-state index contributed by atoms with van der Waals surface area (Å²) >= 11 is 1.21. The van der Waals surface area contributed by atoms with Crippen LogP contribution in [0.4, 0.5) is 14.9 Å². The predicted octanol–water partition coefficient (Wildman–Crippen LogP) is 2.57. The van der Waals surface area contributed by atoms with Gasteiger partial charge in [0, 0.05) is 23.7 Å². The molecule has 6 heteroatoms. The van der Waals surface area contributed by atoms with E-state index in [9.17, 15) is 9.18 Å². The summed E-state index contributed by atoms with van der Waals surface area (Å²) < 4.78 is 18.7. The smallest absolute Gasteiger partial charge is 0.286 e. The Kier molecular flexibility index (Phi) is 2.76. The van der Waals surface area contributed by atoms with Crippen molar-refractivity contribution in [2.24, 2.45) is 5.73 Å². The highest BCUT2D eigenvalue weighted by Crippen LogP contribution is 2.36. The normalized spacial score (nSPS) is 20.0. The number of rotatable bonds is 2. The Morgan fingerprint density at radius 1 is 1.56 bits per heavy atom. The van der Waals surface area contributed by atoms with Crippen LogP contribution in [0, 0.1) is 5.82 Å². The average molecular weight is 266 g/mol. The SMILES string of the molecule is NC[C@H]1CN(c2coc3c(F)cccc23)C(=O)S1. The lowest BCUT2D eigenvalue weighted by atomic mass is 10.2. The van der Waals surface area contributed by atoms with Crippen LogP contribution in [0.5, 0.6) is 0 Å². The Balaban J connectivity index is 2.05. The number of anilines is 1. The number of furan rings is 1. The number of para-hydroxylation sites is 1. The molecule has 2 aromatic rings. The maximum absolute atomic E-state index is 13.5. The van der Waals surface area contributed by atoms with Crippen molar-refractivity contribution in [1.82, 2.24) is 0 Å². The maximum atomic E-state index is 13.5. The van der Waals surface area contributed by atoms with E-state index in [1.807, 2.05) is 0 Å². The molecule has 0 radical (unpaired) electrons. The number of carbonyl (C=O) groups excluding carboxylic acids is 1. The minimum Gasteiger partial charge on any atom is -0.459 e. The third-order valence-corrected chi connectivity index (χ3v) is 4.06. The zero-order chi connectivity index (χ0) is 12.7. The highest BCUT2D eigenvalue weighted by Gasteiger charge is 2.32. The third-order valence-electron chi connectivity index (χ3n) is 2.96. The van der Waals surface area contributed by atoms with Gasteiger partial charge >= 0.3 is 0 Å². The van der Waals surface area contributed by atoms with E-state index in [0.29, 0.717) is 24.2 Å². The number of nitrogens with zero attached hydrogens (tertiary/aromatic N) is 1. The van der Waals surface area contributed by atoms with E-state index in [1.54, 1.807) is 17.0 Å². The van der Waals surface area contributed by atoms with Gasteiger partial charge in [-0.25, -0.2) is 4.39 Å². The number of amides is 1. The lowest BCUT2D eigenvalue weighted by molar-refractivity contribution is 0.266. The van der Waals surface area contributed by atoms with Gasteiger partial charge in [-0.05, 0) is 12.1 Å². The fraction of sp³-hybridized carbons (Fsp3) is 0.250. The standard InChI is InChI=1S/C12H11FN2O2S/c13-9-3-1-2-8-10(6-17-11(8)9)15-5-7(4-14)18-12(15)16/h1-3,6-7H,4-5,14H2/t7-/m0/s1. The van der Waals surface area contributed by atoms with E-state index in [-0.39, 0.29) is 16.1 Å². The largest absolute Gasteiger partial charge is 0.459 e. The van der Waals surface area contributed by atoms with Gasteiger partial charge < -0.3 is 10.2 Å². The fourth-order valence-electron chi connectivity index (χ4n) is 2.06. The fourth-order valence-corrected chi connectivity index (χ4v) is 2.96. The van der Waals surface area contributed by atoms with Crippen molar-refractivity contribution in [3.8, 4) is 0 Å². The Bertz CT molecular complexity index is 613. The van der Waals surface area contributed by atoms with Gasteiger partial charge in [0.25, 0.3) is 5.24 Å².